The molecule has 148 valence electrons. The fourth-order valence-electron chi connectivity index (χ4n) is 3.17. The number of ether oxygens (including phenoxy) is 1. The van der Waals surface area contributed by atoms with Gasteiger partial charge in [-0.3, -0.25) is 0 Å². The van der Waals surface area contributed by atoms with Crippen LogP contribution in [0.1, 0.15) is 29.5 Å². The molecule has 0 fully saturated rings. The Labute approximate surface area is 173 Å². The van der Waals surface area contributed by atoms with E-state index in [4.69, 9.17) is 4.74 Å². The maximum atomic E-state index is 14.3. The van der Waals surface area contributed by atoms with Crippen molar-refractivity contribution < 1.29 is 9.13 Å². The zero-order chi connectivity index (χ0) is 20.5. The van der Waals surface area contributed by atoms with Crippen LogP contribution in [-0.2, 0) is 19.4 Å². The molecule has 0 aliphatic carbocycles. The van der Waals surface area contributed by atoms with Gasteiger partial charge in [-0.15, -0.1) is 13.2 Å². The number of benzene rings is 3. The first kappa shape index (κ1) is 20.6. The van der Waals surface area contributed by atoms with Crippen LogP contribution in [0.25, 0.3) is 11.1 Å². The predicted octanol–water partition coefficient (Wildman–Crippen LogP) is 7.31. The van der Waals surface area contributed by atoms with Gasteiger partial charge in [0, 0.05) is 5.56 Å². The topological polar surface area (TPSA) is 9.23 Å². The van der Waals surface area contributed by atoms with Crippen LogP contribution in [0.4, 0.5) is 4.39 Å². The summed E-state index contributed by atoms with van der Waals surface area (Å²) in [6.07, 6.45) is 7.44. The first-order valence-electron chi connectivity index (χ1n) is 10.0. The minimum absolute atomic E-state index is 0.213. The lowest BCUT2D eigenvalue weighted by atomic mass is 10.0. The number of aryl methyl sites for hydroxylation is 2. The van der Waals surface area contributed by atoms with Gasteiger partial charge in [-0.2, -0.15) is 0 Å². The van der Waals surface area contributed by atoms with Crippen molar-refractivity contribution >= 4 is 0 Å². The van der Waals surface area contributed by atoms with Crippen molar-refractivity contribution in [2.45, 2.75) is 32.3 Å². The Kier molecular flexibility index (Phi) is 7.40. The van der Waals surface area contributed by atoms with Crippen LogP contribution in [0.5, 0.6) is 5.75 Å². The van der Waals surface area contributed by atoms with Gasteiger partial charge in [0.05, 0.1) is 0 Å². The molecule has 0 N–H and O–H groups in total. The van der Waals surface area contributed by atoms with Crippen molar-refractivity contribution in [3.05, 3.63) is 115 Å². The summed E-state index contributed by atoms with van der Waals surface area (Å²) in [5.41, 5.74) is 5.15. The Morgan fingerprint density at radius 1 is 0.724 bits per heavy atom. The molecule has 0 saturated heterocycles. The van der Waals surface area contributed by atoms with E-state index < -0.39 is 0 Å². The number of hydrogen-bond donors (Lipinski definition) is 0. The van der Waals surface area contributed by atoms with Crippen molar-refractivity contribution in [2.75, 3.05) is 0 Å². The zero-order valence-corrected chi connectivity index (χ0v) is 16.7. The third-order valence-electron chi connectivity index (χ3n) is 4.93. The molecular weight excluding hydrogens is 359 g/mol. The van der Waals surface area contributed by atoms with Gasteiger partial charge in [0.1, 0.15) is 18.2 Å². The van der Waals surface area contributed by atoms with Crippen LogP contribution >= 0.6 is 0 Å². The van der Waals surface area contributed by atoms with Crippen LogP contribution in [0.2, 0.25) is 0 Å². The average Bonchev–Trinajstić information content (AvgIpc) is 2.76. The molecule has 1 nitrogen and oxygen atoms in total. The van der Waals surface area contributed by atoms with Crippen molar-refractivity contribution in [2.24, 2.45) is 0 Å². The van der Waals surface area contributed by atoms with Gasteiger partial charge in [-0.05, 0) is 66.1 Å². The summed E-state index contributed by atoms with van der Waals surface area (Å²) >= 11 is 0. The van der Waals surface area contributed by atoms with Gasteiger partial charge < -0.3 is 4.74 Å². The highest BCUT2D eigenvalue weighted by Gasteiger charge is 2.05. The molecule has 0 unspecified atom stereocenters. The summed E-state index contributed by atoms with van der Waals surface area (Å²) in [7, 11) is 0. The Morgan fingerprint density at radius 2 is 1.28 bits per heavy atom. The minimum Gasteiger partial charge on any atom is -0.489 e. The quantitative estimate of drug-likeness (QED) is 0.332. The maximum Gasteiger partial charge on any atom is 0.130 e. The van der Waals surface area contributed by atoms with Gasteiger partial charge in [0.25, 0.3) is 0 Å². The molecule has 0 heterocycles. The Morgan fingerprint density at radius 3 is 1.86 bits per heavy atom. The lowest BCUT2D eigenvalue weighted by molar-refractivity contribution is 0.300. The molecule has 0 amide bonds. The summed E-state index contributed by atoms with van der Waals surface area (Å²) in [6.45, 7) is 7.68. The van der Waals surface area contributed by atoms with Gasteiger partial charge in [-0.25, -0.2) is 4.39 Å². The summed E-state index contributed by atoms with van der Waals surface area (Å²) in [5.74, 6) is 0.506. The molecular formula is C27H27FO. The second-order valence-corrected chi connectivity index (χ2v) is 7.09. The minimum atomic E-state index is -0.222. The monoisotopic (exact) mass is 386 g/mol. The summed E-state index contributed by atoms with van der Waals surface area (Å²) in [4.78, 5) is 0. The molecule has 0 saturated carbocycles. The highest BCUT2D eigenvalue weighted by molar-refractivity contribution is 5.64. The Bertz CT molecular complexity index is 939. The highest BCUT2D eigenvalue weighted by Crippen LogP contribution is 2.24. The van der Waals surface area contributed by atoms with Crippen molar-refractivity contribution in [1.29, 1.82) is 0 Å². The highest BCUT2D eigenvalue weighted by atomic mass is 19.1. The molecule has 29 heavy (non-hydrogen) atoms. The van der Waals surface area contributed by atoms with E-state index in [1.165, 1.54) is 11.1 Å². The fourth-order valence-corrected chi connectivity index (χ4v) is 3.17. The summed E-state index contributed by atoms with van der Waals surface area (Å²) in [5, 5.41) is 0. The van der Waals surface area contributed by atoms with E-state index in [0.29, 0.717) is 5.56 Å². The van der Waals surface area contributed by atoms with E-state index in [0.717, 1.165) is 42.6 Å². The third kappa shape index (κ3) is 5.92. The fraction of sp³-hybridized carbons (Fsp3) is 0.185. The van der Waals surface area contributed by atoms with Crippen molar-refractivity contribution in [3.8, 4) is 16.9 Å². The van der Waals surface area contributed by atoms with Crippen LogP contribution in [0.3, 0.4) is 0 Å². The zero-order valence-electron chi connectivity index (χ0n) is 16.7. The number of halogens is 1. The second kappa shape index (κ2) is 10.4. The van der Waals surface area contributed by atoms with E-state index in [1.807, 2.05) is 42.5 Å². The van der Waals surface area contributed by atoms with Crippen LogP contribution in [0, 0.1) is 5.82 Å². The van der Waals surface area contributed by atoms with Crippen molar-refractivity contribution in [3.63, 3.8) is 0 Å². The van der Waals surface area contributed by atoms with Gasteiger partial charge >= 0.3 is 0 Å². The largest absolute Gasteiger partial charge is 0.489 e. The maximum absolute atomic E-state index is 14.3. The Balaban J connectivity index is 1.59. The lowest BCUT2D eigenvalue weighted by Gasteiger charge is -2.10. The van der Waals surface area contributed by atoms with Gasteiger partial charge in [-0.1, -0.05) is 60.7 Å². The number of hydrogen-bond acceptors (Lipinski definition) is 1. The standard InChI is InChI=1S/C27H27FO/c1-3-5-7-21-9-12-23(13-10-21)24-15-17-26(18-16-24)29-20-25-14-11-22(8-6-4-2)19-27(25)28/h3-4,9-19H,1-2,5-8,20H2. The van der Waals surface area contributed by atoms with E-state index in [2.05, 4.69) is 37.4 Å². The molecule has 0 radical (unpaired) electrons. The van der Waals surface area contributed by atoms with Crippen LogP contribution in [0.15, 0.2) is 92.0 Å². The molecule has 2 heteroatoms. The molecule has 3 aromatic rings. The predicted molar refractivity (Wildman–Crippen MR) is 120 cm³/mol. The van der Waals surface area contributed by atoms with Gasteiger partial charge in [0.15, 0.2) is 0 Å². The Hall–Kier alpha value is -3.13. The number of rotatable bonds is 10. The van der Waals surface area contributed by atoms with Gasteiger partial charge in [0.2, 0.25) is 0 Å². The molecule has 0 aliphatic heterocycles. The first-order chi connectivity index (χ1) is 14.2. The first-order valence-corrected chi connectivity index (χ1v) is 10.0. The normalized spacial score (nSPS) is 10.5. The van der Waals surface area contributed by atoms with Crippen LogP contribution in [-0.4, -0.2) is 0 Å². The van der Waals surface area contributed by atoms with E-state index >= 15 is 0 Å². The average molecular weight is 387 g/mol. The SMILES string of the molecule is C=CCCc1ccc(-c2ccc(OCc3ccc(CCC=C)cc3F)cc2)cc1. The summed E-state index contributed by atoms with van der Waals surface area (Å²) in [6, 6.07) is 21.8. The van der Waals surface area contributed by atoms with E-state index in [1.54, 1.807) is 12.1 Å². The smallest absolute Gasteiger partial charge is 0.130 e. The second-order valence-electron chi connectivity index (χ2n) is 7.09. The van der Waals surface area contributed by atoms with Crippen LogP contribution < -0.4 is 4.74 Å². The molecule has 3 rings (SSSR count). The summed E-state index contributed by atoms with van der Waals surface area (Å²) < 4.78 is 20.0. The van der Waals surface area contributed by atoms with E-state index in [-0.39, 0.29) is 12.4 Å². The van der Waals surface area contributed by atoms with Crippen molar-refractivity contribution in [1.82, 2.24) is 0 Å². The molecule has 0 aromatic heterocycles. The molecule has 0 aliphatic rings. The number of allylic oxidation sites excluding steroid dienone is 2. The molecule has 0 bridgehead atoms. The lowest BCUT2D eigenvalue weighted by Crippen LogP contribution is -1.99. The third-order valence-corrected chi connectivity index (χ3v) is 4.93. The van der Waals surface area contributed by atoms with E-state index in [9.17, 15) is 4.39 Å². The molecule has 0 atom stereocenters. The molecule has 0 spiro atoms. The molecule has 3 aromatic carbocycles.